The van der Waals surface area contributed by atoms with Crippen LogP contribution in [0.25, 0.3) is 0 Å². The van der Waals surface area contributed by atoms with E-state index in [2.05, 4.69) is 10.2 Å². The van der Waals surface area contributed by atoms with E-state index in [1.807, 2.05) is 20.8 Å². The highest BCUT2D eigenvalue weighted by atomic mass is 32.2. The lowest BCUT2D eigenvalue weighted by atomic mass is 10.1. The third-order valence-corrected chi connectivity index (χ3v) is 3.57. The molecule has 1 aromatic rings. The van der Waals surface area contributed by atoms with Crippen molar-refractivity contribution in [3.8, 4) is 0 Å². The van der Waals surface area contributed by atoms with Gasteiger partial charge in [-0.15, -0.1) is 10.2 Å². The van der Waals surface area contributed by atoms with Crippen LogP contribution in [0.3, 0.4) is 0 Å². The maximum Gasteiger partial charge on any atom is 0.273 e. The molecule has 96 valence electrons. The Kier molecular flexibility index (Phi) is 2.78. The van der Waals surface area contributed by atoms with E-state index >= 15 is 0 Å². The van der Waals surface area contributed by atoms with Gasteiger partial charge in [-0.1, -0.05) is 0 Å². The minimum absolute atomic E-state index is 0.138. The standard InChI is InChI=1S/C10H18N4O2S/c1-10(2,3)14-8(6-7-4-5-7)12-13-9(14)17(11,15)16/h7H,4-6H2,1-3H3,(H2,11,15,16). The second-order valence-corrected chi connectivity index (χ2v) is 7.05. The van der Waals surface area contributed by atoms with E-state index in [4.69, 9.17) is 5.14 Å². The van der Waals surface area contributed by atoms with Crippen molar-refractivity contribution in [2.75, 3.05) is 0 Å². The van der Waals surface area contributed by atoms with Crippen molar-refractivity contribution < 1.29 is 8.42 Å². The number of hydrogen-bond donors (Lipinski definition) is 1. The molecule has 0 spiro atoms. The van der Waals surface area contributed by atoms with E-state index in [1.54, 1.807) is 4.57 Å². The van der Waals surface area contributed by atoms with Gasteiger partial charge in [-0.25, -0.2) is 13.6 Å². The molecule has 0 saturated heterocycles. The molecule has 6 nitrogen and oxygen atoms in total. The number of nitrogens with zero attached hydrogens (tertiary/aromatic N) is 3. The summed E-state index contributed by atoms with van der Waals surface area (Å²) in [6.07, 6.45) is 3.14. The monoisotopic (exact) mass is 258 g/mol. The van der Waals surface area contributed by atoms with Crippen LogP contribution in [-0.4, -0.2) is 23.2 Å². The van der Waals surface area contributed by atoms with Crippen molar-refractivity contribution in [1.29, 1.82) is 0 Å². The first-order valence-electron chi connectivity index (χ1n) is 5.67. The molecular weight excluding hydrogens is 240 g/mol. The average Bonchev–Trinajstić information content (AvgIpc) is 2.77. The highest BCUT2D eigenvalue weighted by Crippen LogP contribution is 2.33. The normalized spacial score (nSPS) is 17.4. The number of aromatic nitrogens is 3. The zero-order chi connectivity index (χ0) is 12.8. The SMILES string of the molecule is CC(C)(C)n1c(CC2CC2)nnc1S(N)(=O)=O. The van der Waals surface area contributed by atoms with Crippen molar-refractivity contribution in [2.45, 2.75) is 50.7 Å². The van der Waals surface area contributed by atoms with Gasteiger partial charge >= 0.3 is 0 Å². The van der Waals surface area contributed by atoms with Crippen molar-refractivity contribution in [1.82, 2.24) is 14.8 Å². The van der Waals surface area contributed by atoms with E-state index < -0.39 is 15.6 Å². The summed E-state index contributed by atoms with van der Waals surface area (Å²) in [6.45, 7) is 5.75. The van der Waals surface area contributed by atoms with Crippen LogP contribution < -0.4 is 5.14 Å². The van der Waals surface area contributed by atoms with Gasteiger partial charge in [-0.05, 0) is 39.5 Å². The highest BCUT2D eigenvalue weighted by molar-refractivity contribution is 7.89. The van der Waals surface area contributed by atoms with Gasteiger partial charge in [-0.2, -0.15) is 0 Å². The van der Waals surface area contributed by atoms with Crippen LogP contribution in [0.4, 0.5) is 0 Å². The smallest absolute Gasteiger partial charge is 0.273 e. The van der Waals surface area contributed by atoms with Crippen LogP contribution in [0.2, 0.25) is 0 Å². The molecule has 2 rings (SSSR count). The molecule has 1 aliphatic rings. The van der Waals surface area contributed by atoms with Crippen molar-refractivity contribution in [3.05, 3.63) is 5.82 Å². The Labute approximate surface area is 101 Å². The van der Waals surface area contributed by atoms with Crippen LogP contribution in [-0.2, 0) is 22.0 Å². The Morgan fingerprint density at radius 1 is 1.35 bits per heavy atom. The van der Waals surface area contributed by atoms with Gasteiger partial charge in [0.2, 0.25) is 0 Å². The van der Waals surface area contributed by atoms with Crippen LogP contribution >= 0.6 is 0 Å². The van der Waals surface area contributed by atoms with E-state index in [0.29, 0.717) is 11.7 Å². The quantitative estimate of drug-likeness (QED) is 0.861. The lowest BCUT2D eigenvalue weighted by Gasteiger charge is -2.24. The summed E-state index contributed by atoms with van der Waals surface area (Å²) in [5.41, 5.74) is -0.393. The summed E-state index contributed by atoms with van der Waals surface area (Å²) in [6, 6.07) is 0. The van der Waals surface area contributed by atoms with Gasteiger partial charge < -0.3 is 0 Å². The predicted octanol–water partition coefficient (Wildman–Crippen LogP) is 0.633. The first kappa shape index (κ1) is 12.5. The maximum absolute atomic E-state index is 11.5. The van der Waals surface area contributed by atoms with Gasteiger partial charge in [0.15, 0.2) is 0 Å². The molecule has 0 bridgehead atoms. The van der Waals surface area contributed by atoms with Crippen LogP contribution in [0.1, 0.15) is 39.4 Å². The van der Waals surface area contributed by atoms with Crippen molar-refractivity contribution in [3.63, 3.8) is 0 Å². The molecule has 0 radical (unpaired) electrons. The Morgan fingerprint density at radius 2 is 1.94 bits per heavy atom. The largest absolute Gasteiger partial charge is 0.295 e. The van der Waals surface area contributed by atoms with Gasteiger partial charge in [-0.3, -0.25) is 4.57 Å². The molecule has 0 aromatic carbocycles. The highest BCUT2D eigenvalue weighted by Gasteiger charge is 2.31. The molecule has 0 aliphatic heterocycles. The Morgan fingerprint density at radius 3 is 2.35 bits per heavy atom. The Bertz CT molecular complexity index is 523. The Hall–Kier alpha value is -0.950. The predicted molar refractivity (Wildman–Crippen MR) is 62.8 cm³/mol. The van der Waals surface area contributed by atoms with Crippen LogP contribution in [0, 0.1) is 5.92 Å². The average molecular weight is 258 g/mol. The summed E-state index contributed by atoms with van der Waals surface area (Å²) in [4.78, 5) is 0. The summed E-state index contributed by atoms with van der Waals surface area (Å²) in [5, 5.41) is 12.7. The molecule has 0 atom stereocenters. The first-order valence-corrected chi connectivity index (χ1v) is 7.22. The fourth-order valence-electron chi connectivity index (χ4n) is 1.87. The van der Waals surface area contributed by atoms with Gasteiger partial charge in [0, 0.05) is 12.0 Å². The van der Waals surface area contributed by atoms with Gasteiger partial charge in [0.1, 0.15) is 5.82 Å². The molecule has 0 unspecified atom stereocenters. The van der Waals surface area contributed by atoms with E-state index in [9.17, 15) is 8.42 Å². The third-order valence-electron chi connectivity index (χ3n) is 2.79. The lowest BCUT2D eigenvalue weighted by Crippen LogP contribution is -2.30. The maximum atomic E-state index is 11.5. The van der Waals surface area contributed by atoms with Crippen LogP contribution in [0.5, 0.6) is 0 Å². The number of primary sulfonamides is 1. The second-order valence-electron chi connectivity index (χ2n) is 5.60. The Balaban J connectivity index is 2.50. The summed E-state index contributed by atoms with van der Waals surface area (Å²) in [5.74, 6) is 1.33. The van der Waals surface area contributed by atoms with Gasteiger partial charge in [0.25, 0.3) is 15.2 Å². The number of hydrogen-bond acceptors (Lipinski definition) is 4. The van der Waals surface area contributed by atoms with Crippen LogP contribution in [0.15, 0.2) is 5.16 Å². The molecule has 1 heterocycles. The minimum atomic E-state index is -3.82. The number of nitrogens with two attached hydrogens (primary N) is 1. The zero-order valence-corrected chi connectivity index (χ0v) is 11.2. The molecule has 1 aliphatic carbocycles. The molecule has 2 N–H and O–H groups in total. The number of rotatable bonds is 3. The minimum Gasteiger partial charge on any atom is -0.295 e. The zero-order valence-electron chi connectivity index (χ0n) is 10.3. The lowest BCUT2D eigenvalue weighted by molar-refractivity contribution is 0.348. The third kappa shape index (κ3) is 2.66. The van der Waals surface area contributed by atoms with Gasteiger partial charge in [0.05, 0.1) is 0 Å². The molecule has 17 heavy (non-hydrogen) atoms. The van der Waals surface area contributed by atoms with E-state index in [-0.39, 0.29) is 5.16 Å². The van der Waals surface area contributed by atoms with Crippen molar-refractivity contribution >= 4 is 10.0 Å². The fourth-order valence-corrected chi connectivity index (χ4v) is 2.66. The van der Waals surface area contributed by atoms with E-state index in [1.165, 1.54) is 12.8 Å². The summed E-state index contributed by atoms with van der Waals surface area (Å²) < 4.78 is 24.6. The molecule has 1 aromatic heterocycles. The molecule has 0 amide bonds. The molecule has 1 fully saturated rings. The molecular formula is C10H18N4O2S. The fraction of sp³-hybridized carbons (Fsp3) is 0.800. The molecule has 1 saturated carbocycles. The van der Waals surface area contributed by atoms with E-state index in [0.717, 1.165) is 6.42 Å². The molecule has 7 heteroatoms. The summed E-state index contributed by atoms with van der Waals surface area (Å²) in [7, 11) is -3.82. The van der Waals surface area contributed by atoms with Crippen molar-refractivity contribution in [2.24, 2.45) is 11.1 Å². The first-order chi connectivity index (χ1) is 7.69. The number of sulfonamides is 1. The topological polar surface area (TPSA) is 90.9 Å². The summed E-state index contributed by atoms with van der Waals surface area (Å²) >= 11 is 0. The second kappa shape index (κ2) is 3.78.